The van der Waals surface area contributed by atoms with E-state index in [0.717, 1.165) is 0 Å². The minimum Gasteiger partial charge on any atom is -0.399 e. The molecule has 7 heteroatoms. The van der Waals surface area contributed by atoms with Crippen LogP contribution in [0.5, 0.6) is 0 Å². The van der Waals surface area contributed by atoms with Crippen LogP contribution in [0.3, 0.4) is 0 Å². The Morgan fingerprint density at radius 3 is 2.68 bits per heavy atom. The number of ether oxygens (including phenoxy) is 1. The van der Waals surface area contributed by atoms with Gasteiger partial charge in [0.05, 0.1) is 16.5 Å². The van der Waals surface area contributed by atoms with E-state index in [1.807, 2.05) is 6.07 Å². The van der Waals surface area contributed by atoms with Gasteiger partial charge in [-0.3, -0.25) is 4.72 Å². The first-order valence-corrected chi connectivity index (χ1v) is 7.46. The van der Waals surface area contributed by atoms with Crippen LogP contribution in [0.2, 0.25) is 0 Å². The van der Waals surface area contributed by atoms with Gasteiger partial charge in [0, 0.05) is 18.9 Å². The molecule has 1 aliphatic rings. The summed E-state index contributed by atoms with van der Waals surface area (Å²) in [6, 6.07) is 6.44. The van der Waals surface area contributed by atoms with Gasteiger partial charge in [-0.15, -0.1) is 0 Å². The summed E-state index contributed by atoms with van der Waals surface area (Å²) in [7, 11) is -3.50. The van der Waals surface area contributed by atoms with Crippen LogP contribution >= 0.6 is 0 Å². The zero-order valence-corrected chi connectivity index (χ0v) is 11.1. The third kappa shape index (κ3) is 3.16. The van der Waals surface area contributed by atoms with Crippen LogP contribution in [0.1, 0.15) is 18.4 Å². The molecule has 102 valence electrons. The minimum absolute atomic E-state index is 0.218. The maximum Gasteiger partial charge on any atom is 0.235 e. The molecular weight excluding hydrogens is 266 g/mol. The molecule has 1 heterocycles. The number of anilines is 2. The number of sulfonamides is 1. The van der Waals surface area contributed by atoms with E-state index in [1.54, 1.807) is 6.07 Å². The average Bonchev–Trinajstić information content (AvgIpc) is 2.41. The number of rotatable bonds is 3. The van der Waals surface area contributed by atoms with E-state index < -0.39 is 15.3 Å². The van der Waals surface area contributed by atoms with E-state index in [2.05, 4.69) is 4.72 Å². The predicted octanol–water partition coefficient (Wildman–Crippen LogP) is 1.06. The molecule has 0 aromatic heterocycles. The van der Waals surface area contributed by atoms with E-state index in [4.69, 9.17) is 15.7 Å². The third-order valence-corrected chi connectivity index (χ3v) is 4.88. The molecule has 1 aromatic rings. The van der Waals surface area contributed by atoms with Gasteiger partial charge in [0.25, 0.3) is 0 Å². The van der Waals surface area contributed by atoms with E-state index in [9.17, 15) is 8.42 Å². The number of benzene rings is 1. The second-order valence-electron chi connectivity index (χ2n) is 4.38. The molecule has 0 aliphatic carbocycles. The molecule has 3 N–H and O–H groups in total. The van der Waals surface area contributed by atoms with Gasteiger partial charge < -0.3 is 10.5 Å². The third-order valence-electron chi connectivity index (χ3n) is 3.02. The summed E-state index contributed by atoms with van der Waals surface area (Å²) in [6.45, 7) is 0.886. The highest BCUT2D eigenvalue weighted by Crippen LogP contribution is 2.23. The van der Waals surface area contributed by atoms with Crippen molar-refractivity contribution >= 4 is 21.4 Å². The first-order chi connectivity index (χ1) is 9.03. The first kappa shape index (κ1) is 13.6. The molecule has 6 nitrogen and oxygen atoms in total. The summed E-state index contributed by atoms with van der Waals surface area (Å²) < 4.78 is 32.0. The lowest BCUT2D eigenvalue weighted by molar-refractivity contribution is 0.0984. The first-order valence-electron chi connectivity index (χ1n) is 5.92. The number of hydrogen-bond donors (Lipinski definition) is 2. The number of hydrogen-bond acceptors (Lipinski definition) is 5. The molecule has 1 fully saturated rings. The van der Waals surface area contributed by atoms with Crippen molar-refractivity contribution in [2.75, 3.05) is 23.7 Å². The Morgan fingerprint density at radius 2 is 2.05 bits per heavy atom. The molecule has 1 saturated heterocycles. The molecule has 0 bridgehead atoms. The molecule has 0 radical (unpaired) electrons. The van der Waals surface area contributed by atoms with Crippen molar-refractivity contribution in [3.05, 3.63) is 23.8 Å². The maximum absolute atomic E-state index is 12.2. The molecule has 0 amide bonds. The molecule has 0 unspecified atom stereocenters. The summed E-state index contributed by atoms with van der Waals surface area (Å²) in [6.07, 6.45) is 0.929. The average molecular weight is 281 g/mol. The molecule has 19 heavy (non-hydrogen) atoms. The van der Waals surface area contributed by atoms with Crippen LogP contribution in [0.25, 0.3) is 0 Å². The zero-order valence-electron chi connectivity index (χ0n) is 10.3. The van der Waals surface area contributed by atoms with Gasteiger partial charge in [-0.1, -0.05) is 0 Å². The highest BCUT2D eigenvalue weighted by atomic mass is 32.2. The van der Waals surface area contributed by atoms with E-state index in [-0.39, 0.29) is 11.3 Å². The number of nitrogens with two attached hydrogens (primary N) is 1. The van der Waals surface area contributed by atoms with Crippen LogP contribution in [0, 0.1) is 11.3 Å². The molecule has 0 atom stereocenters. The second kappa shape index (κ2) is 5.47. The smallest absolute Gasteiger partial charge is 0.235 e. The number of nitrogens with one attached hydrogen (secondary N) is 1. The zero-order chi connectivity index (χ0) is 13.9. The SMILES string of the molecule is N#Cc1cc(N)ccc1NS(=O)(=O)C1CCOCC1. The van der Waals surface area contributed by atoms with Crippen molar-refractivity contribution in [2.24, 2.45) is 0 Å². The molecule has 0 saturated carbocycles. The summed E-state index contributed by atoms with van der Waals surface area (Å²) in [5.41, 5.74) is 6.47. The van der Waals surface area contributed by atoms with Crippen LogP contribution in [0.15, 0.2) is 18.2 Å². The van der Waals surface area contributed by atoms with Gasteiger partial charge >= 0.3 is 0 Å². The molecule has 0 spiro atoms. The highest BCUT2D eigenvalue weighted by molar-refractivity contribution is 7.93. The normalized spacial score (nSPS) is 16.8. The van der Waals surface area contributed by atoms with Crippen molar-refractivity contribution in [1.29, 1.82) is 5.26 Å². The molecular formula is C12H15N3O3S. The van der Waals surface area contributed by atoms with Crippen molar-refractivity contribution in [2.45, 2.75) is 18.1 Å². The highest BCUT2D eigenvalue weighted by Gasteiger charge is 2.28. The van der Waals surface area contributed by atoms with E-state index in [1.165, 1.54) is 12.1 Å². The minimum atomic E-state index is -3.50. The van der Waals surface area contributed by atoms with Gasteiger partial charge in [0.1, 0.15) is 6.07 Å². The lowest BCUT2D eigenvalue weighted by Crippen LogP contribution is -2.33. The maximum atomic E-state index is 12.2. The van der Waals surface area contributed by atoms with E-state index in [0.29, 0.717) is 31.7 Å². The molecule has 1 aliphatic heterocycles. The van der Waals surface area contributed by atoms with Crippen molar-refractivity contribution in [3.8, 4) is 6.07 Å². The predicted molar refractivity (Wildman–Crippen MR) is 72.0 cm³/mol. The lowest BCUT2D eigenvalue weighted by Gasteiger charge is -2.23. The summed E-state index contributed by atoms with van der Waals surface area (Å²) in [4.78, 5) is 0. The van der Waals surface area contributed by atoms with E-state index >= 15 is 0 Å². The molecule has 2 rings (SSSR count). The molecule has 1 aromatic carbocycles. The fourth-order valence-electron chi connectivity index (χ4n) is 1.97. The Bertz CT molecular complexity index is 601. The Balaban J connectivity index is 2.23. The topological polar surface area (TPSA) is 105 Å². The van der Waals surface area contributed by atoms with Gasteiger partial charge in [-0.05, 0) is 31.0 Å². The lowest BCUT2D eigenvalue weighted by atomic mass is 10.2. The van der Waals surface area contributed by atoms with Crippen molar-refractivity contribution in [1.82, 2.24) is 0 Å². The Hall–Kier alpha value is -1.78. The van der Waals surface area contributed by atoms with Crippen LogP contribution < -0.4 is 10.5 Å². The second-order valence-corrected chi connectivity index (χ2v) is 6.34. The quantitative estimate of drug-likeness (QED) is 0.806. The monoisotopic (exact) mass is 281 g/mol. The van der Waals surface area contributed by atoms with Gasteiger partial charge in [-0.2, -0.15) is 5.26 Å². The van der Waals surface area contributed by atoms with Gasteiger partial charge in [-0.25, -0.2) is 8.42 Å². The fourth-order valence-corrected chi connectivity index (χ4v) is 3.43. The van der Waals surface area contributed by atoms with Crippen molar-refractivity contribution < 1.29 is 13.2 Å². The Morgan fingerprint density at radius 1 is 1.37 bits per heavy atom. The number of nitrogens with zero attached hydrogens (tertiary/aromatic N) is 1. The summed E-state index contributed by atoms with van der Waals surface area (Å²) >= 11 is 0. The van der Waals surface area contributed by atoms with Crippen LogP contribution in [0.4, 0.5) is 11.4 Å². The van der Waals surface area contributed by atoms with Gasteiger partial charge in [0.2, 0.25) is 10.0 Å². The Labute approximate surface area is 112 Å². The summed E-state index contributed by atoms with van der Waals surface area (Å²) in [5, 5.41) is 8.51. The van der Waals surface area contributed by atoms with Gasteiger partial charge in [0.15, 0.2) is 0 Å². The van der Waals surface area contributed by atoms with Crippen LogP contribution in [-0.4, -0.2) is 26.9 Å². The fraction of sp³-hybridized carbons (Fsp3) is 0.417. The summed E-state index contributed by atoms with van der Waals surface area (Å²) in [5.74, 6) is 0. The number of nitriles is 1. The van der Waals surface area contributed by atoms with Crippen LogP contribution in [-0.2, 0) is 14.8 Å². The van der Waals surface area contributed by atoms with Crippen molar-refractivity contribution in [3.63, 3.8) is 0 Å². The Kier molecular flexibility index (Phi) is 3.93. The largest absolute Gasteiger partial charge is 0.399 e. The number of nitrogen functional groups attached to an aromatic ring is 1. The standard InChI is InChI=1S/C12H15N3O3S/c13-8-9-7-10(14)1-2-12(9)15-19(16,17)11-3-5-18-6-4-11/h1-2,7,11,15H,3-6,14H2.